The Morgan fingerprint density at radius 2 is 2.14 bits per heavy atom. The molecule has 0 radical (unpaired) electrons. The van der Waals surface area contributed by atoms with Crippen molar-refractivity contribution in [1.29, 1.82) is 0 Å². The topological polar surface area (TPSA) is 12.0 Å². The lowest BCUT2D eigenvalue weighted by Crippen LogP contribution is -2.40. The summed E-state index contributed by atoms with van der Waals surface area (Å²) in [6, 6.07) is 5.99. The monoisotopic (exact) mass is 325 g/mol. The summed E-state index contributed by atoms with van der Waals surface area (Å²) in [4.78, 5) is 0. The molecule has 2 fully saturated rings. The molecule has 3 rings (SSSR count). The second-order valence-electron chi connectivity index (χ2n) is 7.03. The molecule has 1 aromatic carbocycles. The van der Waals surface area contributed by atoms with Gasteiger partial charge < -0.3 is 5.32 Å². The van der Waals surface area contributed by atoms with Crippen LogP contribution in [0.3, 0.4) is 0 Å². The van der Waals surface area contributed by atoms with Gasteiger partial charge >= 0.3 is 0 Å². The van der Waals surface area contributed by atoms with Crippen molar-refractivity contribution in [2.24, 2.45) is 17.3 Å². The van der Waals surface area contributed by atoms with E-state index < -0.39 is 0 Å². The number of hydrogen-bond acceptors (Lipinski definition) is 1. The smallest absolute Gasteiger partial charge is 0.0453 e. The summed E-state index contributed by atoms with van der Waals surface area (Å²) in [6.45, 7) is 4.49. The lowest BCUT2D eigenvalue weighted by molar-refractivity contribution is 0.156. The molecule has 0 aromatic heterocycles. The van der Waals surface area contributed by atoms with Crippen molar-refractivity contribution in [1.82, 2.24) is 5.32 Å². The van der Waals surface area contributed by atoms with Gasteiger partial charge in [0, 0.05) is 16.6 Å². The maximum atomic E-state index is 6.43. The zero-order valence-corrected chi connectivity index (χ0v) is 14.3. The number of fused-ring (bicyclic) bond motifs is 2. The van der Waals surface area contributed by atoms with Crippen molar-refractivity contribution in [3.63, 3.8) is 0 Å². The molecule has 21 heavy (non-hydrogen) atoms. The van der Waals surface area contributed by atoms with Gasteiger partial charge in [0.2, 0.25) is 0 Å². The summed E-state index contributed by atoms with van der Waals surface area (Å²) in [5.41, 5.74) is 1.68. The van der Waals surface area contributed by atoms with E-state index in [-0.39, 0.29) is 0 Å². The molecule has 1 N–H and O–H groups in total. The largest absolute Gasteiger partial charge is 0.316 e. The van der Waals surface area contributed by atoms with Crippen LogP contribution < -0.4 is 5.32 Å². The molecule has 0 saturated heterocycles. The first-order valence-corrected chi connectivity index (χ1v) is 9.03. The van der Waals surface area contributed by atoms with E-state index >= 15 is 0 Å². The number of hydrogen-bond donors (Lipinski definition) is 1. The maximum absolute atomic E-state index is 6.43. The van der Waals surface area contributed by atoms with E-state index in [2.05, 4.69) is 18.3 Å². The fourth-order valence-electron chi connectivity index (χ4n) is 4.61. The van der Waals surface area contributed by atoms with E-state index in [4.69, 9.17) is 23.2 Å². The summed E-state index contributed by atoms with van der Waals surface area (Å²) in [6.07, 6.45) is 7.94. The molecular weight excluding hydrogens is 301 g/mol. The molecule has 0 spiro atoms. The van der Waals surface area contributed by atoms with Crippen LogP contribution in [0.1, 0.15) is 44.6 Å². The Labute approximate surface area is 138 Å². The fraction of sp³-hybridized carbons (Fsp3) is 0.667. The normalized spacial score (nSPS) is 31.0. The third-order valence-corrected chi connectivity index (χ3v) is 6.15. The number of benzene rings is 1. The highest BCUT2D eigenvalue weighted by molar-refractivity contribution is 6.35. The first-order valence-electron chi connectivity index (χ1n) is 8.27. The quantitative estimate of drug-likeness (QED) is 0.696. The Balaban J connectivity index is 1.79. The van der Waals surface area contributed by atoms with Gasteiger partial charge in [-0.3, -0.25) is 0 Å². The molecular formula is C18H25Cl2N. The van der Waals surface area contributed by atoms with Crippen LogP contribution in [0.2, 0.25) is 10.0 Å². The van der Waals surface area contributed by atoms with Crippen molar-refractivity contribution in [3.8, 4) is 0 Å². The van der Waals surface area contributed by atoms with Gasteiger partial charge in [-0.25, -0.2) is 0 Å². The highest BCUT2D eigenvalue weighted by Crippen LogP contribution is 2.57. The zero-order chi connectivity index (χ0) is 14.9. The zero-order valence-electron chi connectivity index (χ0n) is 12.8. The van der Waals surface area contributed by atoms with E-state index in [9.17, 15) is 0 Å². The summed E-state index contributed by atoms with van der Waals surface area (Å²) in [7, 11) is 0. The first-order chi connectivity index (χ1) is 10.1. The Hall–Kier alpha value is -0.240. The van der Waals surface area contributed by atoms with Gasteiger partial charge in [-0.1, -0.05) is 42.6 Å². The van der Waals surface area contributed by atoms with Crippen molar-refractivity contribution in [3.05, 3.63) is 33.8 Å². The third-order valence-electron chi connectivity index (χ3n) is 5.56. The van der Waals surface area contributed by atoms with E-state index in [1.54, 1.807) is 0 Å². The third kappa shape index (κ3) is 3.25. The van der Waals surface area contributed by atoms with E-state index in [0.717, 1.165) is 41.4 Å². The van der Waals surface area contributed by atoms with Crippen LogP contribution in [0.15, 0.2) is 18.2 Å². The molecule has 0 heterocycles. The van der Waals surface area contributed by atoms with E-state index in [1.165, 1.54) is 37.7 Å². The molecule has 3 heteroatoms. The summed E-state index contributed by atoms with van der Waals surface area (Å²) in [5, 5.41) is 5.25. The molecule has 1 nitrogen and oxygen atoms in total. The Bertz CT molecular complexity index is 502. The van der Waals surface area contributed by atoms with E-state index in [1.807, 2.05) is 12.1 Å². The van der Waals surface area contributed by atoms with Gasteiger partial charge in [-0.05, 0) is 73.6 Å². The number of rotatable bonds is 6. The summed E-state index contributed by atoms with van der Waals surface area (Å²) in [5.74, 6) is 1.82. The van der Waals surface area contributed by atoms with Gasteiger partial charge in [0.15, 0.2) is 0 Å². The van der Waals surface area contributed by atoms with Crippen molar-refractivity contribution in [2.45, 2.75) is 45.4 Å². The van der Waals surface area contributed by atoms with Crippen LogP contribution in [0, 0.1) is 17.3 Å². The second-order valence-corrected chi connectivity index (χ2v) is 7.88. The Kier molecular flexibility index (Phi) is 4.83. The summed E-state index contributed by atoms with van der Waals surface area (Å²) >= 11 is 12.5. The minimum atomic E-state index is 0.412. The highest BCUT2D eigenvalue weighted by atomic mass is 35.5. The number of nitrogens with one attached hydrogen (secondary N) is 1. The van der Waals surface area contributed by atoms with Crippen molar-refractivity contribution < 1.29 is 0 Å². The molecule has 116 valence electrons. The summed E-state index contributed by atoms with van der Waals surface area (Å²) < 4.78 is 0. The van der Waals surface area contributed by atoms with Crippen LogP contribution in [0.4, 0.5) is 0 Å². The Morgan fingerprint density at radius 1 is 1.29 bits per heavy atom. The SMILES string of the molecule is CCCNCC1(Cc2ccc(Cl)cc2Cl)CC2CCC1C2. The molecule has 2 aliphatic rings. The minimum Gasteiger partial charge on any atom is -0.316 e. The van der Waals surface area contributed by atoms with Crippen LogP contribution in [-0.4, -0.2) is 13.1 Å². The van der Waals surface area contributed by atoms with Gasteiger partial charge in [-0.2, -0.15) is 0 Å². The van der Waals surface area contributed by atoms with E-state index in [0.29, 0.717) is 5.41 Å². The predicted octanol–water partition coefficient (Wildman–Crippen LogP) is 5.34. The molecule has 3 unspecified atom stereocenters. The highest BCUT2D eigenvalue weighted by Gasteiger charge is 2.50. The molecule has 2 aliphatic carbocycles. The van der Waals surface area contributed by atoms with Crippen LogP contribution >= 0.6 is 23.2 Å². The molecule has 0 aliphatic heterocycles. The van der Waals surface area contributed by atoms with Gasteiger partial charge in [0.1, 0.15) is 0 Å². The first kappa shape index (κ1) is 15.6. The van der Waals surface area contributed by atoms with Crippen LogP contribution in [-0.2, 0) is 6.42 Å². The molecule has 2 bridgehead atoms. The fourth-order valence-corrected chi connectivity index (χ4v) is 5.09. The van der Waals surface area contributed by atoms with Gasteiger partial charge in [0.25, 0.3) is 0 Å². The van der Waals surface area contributed by atoms with Crippen LogP contribution in [0.25, 0.3) is 0 Å². The second kappa shape index (κ2) is 6.48. The molecule has 0 amide bonds. The molecule has 3 atom stereocenters. The predicted molar refractivity (Wildman–Crippen MR) is 91.2 cm³/mol. The average molecular weight is 326 g/mol. The Morgan fingerprint density at radius 3 is 2.76 bits per heavy atom. The van der Waals surface area contributed by atoms with Crippen molar-refractivity contribution in [2.75, 3.05) is 13.1 Å². The lowest BCUT2D eigenvalue weighted by Gasteiger charge is -2.38. The van der Waals surface area contributed by atoms with Gasteiger partial charge in [0.05, 0.1) is 0 Å². The van der Waals surface area contributed by atoms with Crippen molar-refractivity contribution >= 4 is 23.2 Å². The maximum Gasteiger partial charge on any atom is 0.0453 e. The van der Waals surface area contributed by atoms with Crippen LogP contribution in [0.5, 0.6) is 0 Å². The molecule has 2 saturated carbocycles. The number of halogens is 2. The minimum absolute atomic E-state index is 0.412. The molecule has 1 aromatic rings. The standard InChI is InChI=1S/C18H25Cl2N/c1-2-7-21-12-18(10-13-3-5-15(18)8-13)11-14-4-6-16(19)9-17(14)20/h4,6,9,13,15,21H,2-3,5,7-8,10-12H2,1H3. The lowest BCUT2D eigenvalue weighted by atomic mass is 9.69. The van der Waals surface area contributed by atoms with Gasteiger partial charge in [-0.15, -0.1) is 0 Å². The average Bonchev–Trinajstić information content (AvgIpc) is 3.03.